The highest BCUT2D eigenvalue weighted by Gasteiger charge is 2.18. The number of pyridine rings is 1. The number of nitrogens with zero attached hydrogens (tertiary/aromatic N) is 3. The maximum Gasteiger partial charge on any atom is 0.328 e. The number of ether oxygens (including phenoxy) is 1. The predicted octanol–water partition coefficient (Wildman–Crippen LogP) is 3.35. The molecule has 0 aliphatic carbocycles. The SMILES string of the molecule is COC(=O)C(C)n1ccnc1-c1ccc(-c2ccccn2)cc1. The molecule has 0 spiro atoms. The van der Waals surface area contributed by atoms with Crippen molar-refractivity contribution >= 4 is 5.97 Å². The van der Waals surface area contributed by atoms with Crippen LogP contribution in [0.2, 0.25) is 0 Å². The Labute approximate surface area is 134 Å². The van der Waals surface area contributed by atoms with E-state index in [-0.39, 0.29) is 5.97 Å². The molecule has 0 saturated carbocycles. The van der Waals surface area contributed by atoms with Gasteiger partial charge in [-0.05, 0) is 19.1 Å². The van der Waals surface area contributed by atoms with E-state index in [1.54, 1.807) is 25.5 Å². The number of imidazole rings is 1. The first-order valence-corrected chi connectivity index (χ1v) is 7.33. The molecule has 116 valence electrons. The zero-order valence-electron chi connectivity index (χ0n) is 13.0. The molecule has 3 aromatic rings. The summed E-state index contributed by atoms with van der Waals surface area (Å²) in [6.45, 7) is 1.79. The van der Waals surface area contributed by atoms with Crippen molar-refractivity contribution < 1.29 is 9.53 Å². The number of aromatic nitrogens is 3. The Morgan fingerprint density at radius 3 is 2.43 bits per heavy atom. The highest BCUT2D eigenvalue weighted by Crippen LogP contribution is 2.25. The third kappa shape index (κ3) is 2.99. The van der Waals surface area contributed by atoms with Crippen LogP contribution in [-0.4, -0.2) is 27.6 Å². The molecule has 0 radical (unpaired) electrons. The van der Waals surface area contributed by atoms with E-state index in [4.69, 9.17) is 4.74 Å². The number of carbonyl (C=O) groups excluding carboxylic acids is 1. The summed E-state index contributed by atoms with van der Waals surface area (Å²) in [5.41, 5.74) is 2.89. The molecule has 0 fully saturated rings. The van der Waals surface area contributed by atoms with E-state index < -0.39 is 6.04 Å². The van der Waals surface area contributed by atoms with Crippen molar-refractivity contribution in [2.24, 2.45) is 0 Å². The Hall–Kier alpha value is -2.95. The summed E-state index contributed by atoms with van der Waals surface area (Å²) >= 11 is 0. The van der Waals surface area contributed by atoms with Crippen molar-refractivity contribution in [1.29, 1.82) is 0 Å². The van der Waals surface area contributed by atoms with Gasteiger partial charge in [0.05, 0.1) is 12.8 Å². The van der Waals surface area contributed by atoms with E-state index in [1.807, 2.05) is 47.0 Å². The van der Waals surface area contributed by atoms with Crippen molar-refractivity contribution in [3.05, 3.63) is 61.1 Å². The van der Waals surface area contributed by atoms with Crippen LogP contribution in [0.4, 0.5) is 0 Å². The molecule has 2 aromatic heterocycles. The van der Waals surface area contributed by atoms with Gasteiger partial charge >= 0.3 is 5.97 Å². The monoisotopic (exact) mass is 307 g/mol. The molecule has 0 aliphatic rings. The van der Waals surface area contributed by atoms with Crippen LogP contribution in [0, 0.1) is 0 Å². The number of hydrogen-bond donors (Lipinski definition) is 0. The third-order valence-electron chi connectivity index (χ3n) is 3.73. The molecule has 5 heteroatoms. The fraction of sp³-hybridized carbons (Fsp3) is 0.167. The summed E-state index contributed by atoms with van der Waals surface area (Å²) in [5, 5.41) is 0. The molecule has 3 rings (SSSR count). The van der Waals surface area contributed by atoms with Gasteiger partial charge in [-0.15, -0.1) is 0 Å². The molecule has 0 aliphatic heterocycles. The summed E-state index contributed by atoms with van der Waals surface area (Å²) < 4.78 is 6.61. The van der Waals surface area contributed by atoms with Crippen molar-refractivity contribution in [3.63, 3.8) is 0 Å². The van der Waals surface area contributed by atoms with Crippen LogP contribution in [-0.2, 0) is 9.53 Å². The number of benzene rings is 1. The van der Waals surface area contributed by atoms with Gasteiger partial charge in [0, 0.05) is 29.7 Å². The Bertz CT molecular complexity index is 795. The molecule has 1 unspecified atom stereocenters. The number of esters is 1. The van der Waals surface area contributed by atoms with E-state index in [2.05, 4.69) is 9.97 Å². The molecular weight excluding hydrogens is 290 g/mol. The highest BCUT2D eigenvalue weighted by atomic mass is 16.5. The van der Waals surface area contributed by atoms with E-state index in [0.29, 0.717) is 0 Å². The van der Waals surface area contributed by atoms with Crippen LogP contribution in [0.15, 0.2) is 61.1 Å². The third-order valence-corrected chi connectivity index (χ3v) is 3.73. The second-order valence-electron chi connectivity index (χ2n) is 5.15. The highest BCUT2D eigenvalue weighted by molar-refractivity contribution is 5.75. The van der Waals surface area contributed by atoms with Crippen molar-refractivity contribution in [3.8, 4) is 22.6 Å². The van der Waals surface area contributed by atoms with Crippen LogP contribution >= 0.6 is 0 Å². The lowest BCUT2D eigenvalue weighted by molar-refractivity contribution is -0.143. The molecular formula is C18H17N3O2. The van der Waals surface area contributed by atoms with E-state index in [1.165, 1.54) is 7.11 Å². The Morgan fingerprint density at radius 1 is 1.04 bits per heavy atom. The molecule has 5 nitrogen and oxygen atoms in total. The second kappa shape index (κ2) is 6.44. The first-order valence-electron chi connectivity index (χ1n) is 7.33. The Kier molecular flexibility index (Phi) is 4.19. The van der Waals surface area contributed by atoms with Gasteiger partial charge in [-0.3, -0.25) is 4.98 Å². The molecule has 0 N–H and O–H groups in total. The zero-order valence-corrected chi connectivity index (χ0v) is 13.0. The fourth-order valence-corrected chi connectivity index (χ4v) is 2.46. The smallest absolute Gasteiger partial charge is 0.328 e. The van der Waals surface area contributed by atoms with Crippen molar-refractivity contribution in [2.75, 3.05) is 7.11 Å². The minimum Gasteiger partial charge on any atom is -0.467 e. The van der Waals surface area contributed by atoms with Gasteiger partial charge in [0.2, 0.25) is 0 Å². The van der Waals surface area contributed by atoms with Crippen molar-refractivity contribution in [1.82, 2.24) is 14.5 Å². The lowest BCUT2D eigenvalue weighted by Crippen LogP contribution is -2.18. The molecule has 1 aromatic carbocycles. The predicted molar refractivity (Wildman–Crippen MR) is 87.6 cm³/mol. The Morgan fingerprint density at radius 2 is 1.78 bits per heavy atom. The maximum absolute atomic E-state index is 11.8. The topological polar surface area (TPSA) is 57.0 Å². The van der Waals surface area contributed by atoms with Crippen LogP contribution in [0.5, 0.6) is 0 Å². The normalized spacial score (nSPS) is 11.9. The standard InChI is InChI=1S/C18H17N3O2/c1-13(18(22)23-2)21-12-11-20-17(21)15-8-6-14(7-9-15)16-5-3-4-10-19-16/h3-13H,1-2H3. The minimum absolute atomic E-state index is 0.297. The Balaban J connectivity index is 1.92. The first kappa shape index (κ1) is 15.0. The molecule has 0 bridgehead atoms. The van der Waals surface area contributed by atoms with Gasteiger partial charge in [0.15, 0.2) is 0 Å². The largest absolute Gasteiger partial charge is 0.467 e. The van der Waals surface area contributed by atoms with E-state index >= 15 is 0 Å². The lowest BCUT2D eigenvalue weighted by atomic mass is 10.1. The summed E-state index contributed by atoms with van der Waals surface area (Å²) in [4.78, 5) is 20.5. The zero-order chi connectivity index (χ0) is 16.2. The van der Waals surface area contributed by atoms with Gasteiger partial charge in [-0.2, -0.15) is 0 Å². The van der Waals surface area contributed by atoms with Crippen molar-refractivity contribution in [2.45, 2.75) is 13.0 Å². The summed E-state index contributed by atoms with van der Waals surface area (Å²) in [5.74, 6) is 0.435. The van der Waals surface area contributed by atoms with Crippen LogP contribution in [0.25, 0.3) is 22.6 Å². The van der Waals surface area contributed by atoms with Crippen LogP contribution in [0.1, 0.15) is 13.0 Å². The molecule has 1 atom stereocenters. The first-order chi connectivity index (χ1) is 11.2. The number of carbonyl (C=O) groups is 1. The lowest BCUT2D eigenvalue weighted by Gasteiger charge is -2.14. The molecule has 0 saturated heterocycles. The van der Waals surface area contributed by atoms with Gasteiger partial charge < -0.3 is 9.30 Å². The maximum atomic E-state index is 11.8. The average Bonchev–Trinajstić information content (AvgIpc) is 3.11. The van der Waals surface area contributed by atoms with Gasteiger partial charge in [-0.1, -0.05) is 30.3 Å². The van der Waals surface area contributed by atoms with Crippen LogP contribution < -0.4 is 0 Å². The van der Waals surface area contributed by atoms with Gasteiger partial charge in [0.1, 0.15) is 11.9 Å². The fourth-order valence-electron chi connectivity index (χ4n) is 2.46. The quantitative estimate of drug-likeness (QED) is 0.694. The summed E-state index contributed by atoms with van der Waals surface area (Å²) in [6.07, 6.45) is 5.24. The summed E-state index contributed by atoms with van der Waals surface area (Å²) in [6, 6.07) is 13.4. The second-order valence-corrected chi connectivity index (χ2v) is 5.15. The molecule has 23 heavy (non-hydrogen) atoms. The number of rotatable bonds is 4. The van der Waals surface area contributed by atoms with Crippen LogP contribution in [0.3, 0.4) is 0 Å². The van der Waals surface area contributed by atoms with E-state index in [9.17, 15) is 4.79 Å². The number of hydrogen-bond acceptors (Lipinski definition) is 4. The minimum atomic E-state index is -0.423. The summed E-state index contributed by atoms with van der Waals surface area (Å²) in [7, 11) is 1.39. The van der Waals surface area contributed by atoms with Gasteiger partial charge in [-0.25, -0.2) is 9.78 Å². The molecule has 2 heterocycles. The number of methoxy groups -OCH3 is 1. The molecule has 0 amide bonds. The van der Waals surface area contributed by atoms with E-state index in [0.717, 1.165) is 22.6 Å². The average molecular weight is 307 g/mol. The van der Waals surface area contributed by atoms with Gasteiger partial charge in [0.25, 0.3) is 0 Å².